The van der Waals surface area contributed by atoms with Gasteiger partial charge < -0.3 is 10.2 Å². The van der Waals surface area contributed by atoms with Gasteiger partial charge in [0.25, 0.3) is 0 Å². The number of aromatic nitrogens is 3. The first-order valence-electron chi connectivity index (χ1n) is 7.10. The van der Waals surface area contributed by atoms with Crippen LogP contribution in [0.5, 0.6) is 0 Å². The van der Waals surface area contributed by atoms with E-state index in [9.17, 15) is 0 Å². The standard InChI is InChI=1S/C15H23N5/c1-3-16-11-15-13-20(18-17-15)10-9-19(2)12-14-7-5-4-6-8-14/h4-8,13,16H,3,9-12H2,1-2H3. The molecule has 0 amide bonds. The maximum Gasteiger partial charge on any atom is 0.0964 e. The lowest BCUT2D eigenvalue weighted by Gasteiger charge is -2.16. The number of hydrogen-bond donors (Lipinski definition) is 1. The van der Waals surface area contributed by atoms with E-state index in [0.29, 0.717) is 0 Å². The summed E-state index contributed by atoms with van der Waals surface area (Å²) in [4.78, 5) is 2.29. The summed E-state index contributed by atoms with van der Waals surface area (Å²) >= 11 is 0. The lowest BCUT2D eigenvalue weighted by atomic mass is 10.2. The summed E-state index contributed by atoms with van der Waals surface area (Å²) in [5.74, 6) is 0. The Bertz CT molecular complexity index is 494. The van der Waals surface area contributed by atoms with E-state index < -0.39 is 0 Å². The zero-order chi connectivity index (χ0) is 14.2. The van der Waals surface area contributed by atoms with Crippen LogP contribution in [-0.2, 0) is 19.6 Å². The molecule has 0 radical (unpaired) electrons. The van der Waals surface area contributed by atoms with Crippen molar-refractivity contribution in [3.8, 4) is 0 Å². The van der Waals surface area contributed by atoms with E-state index in [4.69, 9.17) is 0 Å². The fraction of sp³-hybridized carbons (Fsp3) is 0.467. The van der Waals surface area contributed by atoms with E-state index in [-0.39, 0.29) is 0 Å². The predicted molar refractivity (Wildman–Crippen MR) is 80.2 cm³/mol. The third kappa shape index (κ3) is 4.75. The van der Waals surface area contributed by atoms with Gasteiger partial charge in [-0.15, -0.1) is 5.10 Å². The van der Waals surface area contributed by atoms with Gasteiger partial charge in [0.2, 0.25) is 0 Å². The van der Waals surface area contributed by atoms with Gasteiger partial charge in [-0.25, -0.2) is 0 Å². The molecular formula is C15H23N5. The summed E-state index contributed by atoms with van der Waals surface area (Å²) in [7, 11) is 2.13. The number of hydrogen-bond acceptors (Lipinski definition) is 4. The first-order valence-corrected chi connectivity index (χ1v) is 7.10. The molecule has 0 aliphatic rings. The Balaban J connectivity index is 1.75. The van der Waals surface area contributed by atoms with Gasteiger partial charge in [-0.1, -0.05) is 42.5 Å². The minimum Gasteiger partial charge on any atom is -0.311 e. The lowest BCUT2D eigenvalue weighted by Crippen LogP contribution is -2.23. The minimum absolute atomic E-state index is 0.788. The zero-order valence-corrected chi connectivity index (χ0v) is 12.3. The Morgan fingerprint density at radius 2 is 2.05 bits per heavy atom. The fourth-order valence-electron chi connectivity index (χ4n) is 2.03. The molecule has 1 heterocycles. The summed E-state index contributed by atoms with van der Waals surface area (Å²) in [6.07, 6.45) is 2.01. The van der Waals surface area contributed by atoms with Crippen molar-refractivity contribution >= 4 is 0 Å². The summed E-state index contributed by atoms with van der Waals surface area (Å²) in [5.41, 5.74) is 2.33. The number of rotatable bonds is 8. The van der Waals surface area contributed by atoms with Crippen molar-refractivity contribution in [2.75, 3.05) is 20.1 Å². The molecule has 108 valence electrons. The second-order valence-electron chi connectivity index (χ2n) is 4.98. The van der Waals surface area contributed by atoms with E-state index >= 15 is 0 Å². The molecule has 0 aliphatic carbocycles. The Morgan fingerprint density at radius 3 is 2.80 bits per heavy atom. The monoisotopic (exact) mass is 273 g/mol. The van der Waals surface area contributed by atoms with Gasteiger partial charge in [0.05, 0.1) is 12.2 Å². The van der Waals surface area contributed by atoms with E-state index in [1.54, 1.807) is 0 Å². The summed E-state index contributed by atoms with van der Waals surface area (Å²) in [6, 6.07) is 10.5. The molecule has 5 heteroatoms. The van der Waals surface area contributed by atoms with E-state index in [2.05, 4.69) is 58.8 Å². The Hall–Kier alpha value is -1.72. The van der Waals surface area contributed by atoms with Crippen molar-refractivity contribution in [1.82, 2.24) is 25.2 Å². The van der Waals surface area contributed by atoms with Crippen LogP contribution in [0.2, 0.25) is 0 Å². The number of benzene rings is 1. The Labute approximate surface area is 120 Å². The summed E-state index contributed by atoms with van der Waals surface area (Å²) < 4.78 is 1.91. The zero-order valence-electron chi connectivity index (χ0n) is 12.3. The predicted octanol–water partition coefficient (Wildman–Crippen LogP) is 1.52. The molecule has 2 aromatic rings. The van der Waals surface area contributed by atoms with Crippen molar-refractivity contribution < 1.29 is 0 Å². The normalized spacial score (nSPS) is 11.2. The highest BCUT2D eigenvalue weighted by Gasteiger charge is 2.03. The lowest BCUT2D eigenvalue weighted by molar-refractivity contribution is 0.304. The first-order chi connectivity index (χ1) is 9.78. The van der Waals surface area contributed by atoms with Gasteiger partial charge in [-0.3, -0.25) is 4.68 Å². The molecule has 0 saturated heterocycles. The Morgan fingerprint density at radius 1 is 1.25 bits per heavy atom. The number of nitrogens with zero attached hydrogens (tertiary/aromatic N) is 4. The molecular weight excluding hydrogens is 250 g/mol. The van der Waals surface area contributed by atoms with Crippen molar-refractivity contribution in [3.63, 3.8) is 0 Å². The summed E-state index contributed by atoms with van der Waals surface area (Å²) in [6.45, 7) is 6.60. The van der Waals surface area contributed by atoms with Crippen LogP contribution in [0.1, 0.15) is 18.2 Å². The first kappa shape index (κ1) is 14.7. The fourth-order valence-corrected chi connectivity index (χ4v) is 2.03. The van der Waals surface area contributed by atoms with Gasteiger partial charge >= 0.3 is 0 Å². The van der Waals surface area contributed by atoms with Gasteiger partial charge in [0.1, 0.15) is 0 Å². The molecule has 0 bridgehead atoms. The summed E-state index contributed by atoms with van der Waals surface area (Å²) in [5, 5.41) is 11.5. The molecule has 0 atom stereocenters. The van der Waals surface area contributed by atoms with Crippen LogP contribution >= 0.6 is 0 Å². The van der Waals surface area contributed by atoms with Crippen LogP contribution in [0.25, 0.3) is 0 Å². The average Bonchev–Trinajstić information content (AvgIpc) is 2.92. The van der Waals surface area contributed by atoms with Crippen LogP contribution < -0.4 is 5.32 Å². The van der Waals surface area contributed by atoms with Gasteiger partial charge in [-0.05, 0) is 19.2 Å². The van der Waals surface area contributed by atoms with Gasteiger partial charge in [-0.2, -0.15) is 0 Å². The van der Waals surface area contributed by atoms with Crippen molar-refractivity contribution in [2.24, 2.45) is 0 Å². The van der Waals surface area contributed by atoms with Crippen molar-refractivity contribution in [3.05, 3.63) is 47.8 Å². The van der Waals surface area contributed by atoms with Crippen molar-refractivity contribution in [1.29, 1.82) is 0 Å². The molecule has 0 saturated carbocycles. The maximum atomic E-state index is 4.15. The molecule has 0 spiro atoms. The van der Waals surface area contributed by atoms with Gasteiger partial charge in [0, 0.05) is 25.8 Å². The van der Waals surface area contributed by atoms with E-state index in [0.717, 1.165) is 38.4 Å². The van der Waals surface area contributed by atoms with Crippen molar-refractivity contribution in [2.45, 2.75) is 26.6 Å². The van der Waals surface area contributed by atoms with E-state index in [1.165, 1.54) is 5.56 Å². The van der Waals surface area contributed by atoms with Crippen LogP contribution in [0.4, 0.5) is 0 Å². The second-order valence-corrected chi connectivity index (χ2v) is 4.98. The molecule has 0 fully saturated rings. The van der Waals surface area contributed by atoms with E-state index in [1.807, 2.05) is 16.9 Å². The molecule has 1 aromatic carbocycles. The molecule has 1 N–H and O–H groups in total. The largest absolute Gasteiger partial charge is 0.311 e. The molecule has 1 aromatic heterocycles. The number of nitrogens with one attached hydrogen (secondary N) is 1. The molecule has 0 aliphatic heterocycles. The molecule has 20 heavy (non-hydrogen) atoms. The van der Waals surface area contributed by atoms with Crippen LogP contribution in [0.3, 0.4) is 0 Å². The third-order valence-electron chi connectivity index (χ3n) is 3.15. The third-order valence-corrected chi connectivity index (χ3v) is 3.15. The van der Waals surface area contributed by atoms with Crippen LogP contribution in [0.15, 0.2) is 36.5 Å². The average molecular weight is 273 g/mol. The maximum absolute atomic E-state index is 4.15. The SMILES string of the molecule is CCNCc1cn(CCN(C)Cc2ccccc2)nn1. The highest BCUT2D eigenvalue weighted by atomic mass is 15.4. The highest BCUT2D eigenvalue weighted by molar-refractivity contribution is 5.14. The number of likely N-dealkylation sites (N-methyl/N-ethyl adjacent to an activating group) is 1. The molecule has 2 rings (SSSR count). The highest BCUT2D eigenvalue weighted by Crippen LogP contribution is 2.02. The molecule has 0 unspecified atom stereocenters. The quantitative estimate of drug-likeness (QED) is 0.792. The Kier molecular flexibility index (Phi) is 5.70. The van der Waals surface area contributed by atoms with Gasteiger partial charge in [0.15, 0.2) is 0 Å². The smallest absolute Gasteiger partial charge is 0.0964 e. The van der Waals surface area contributed by atoms with Crippen LogP contribution in [-0.4, -0.2) is 40.0 Å². The topological polar surface area (TPSA) is 46.0 Å². The minimum atomic E-state index is 0.788. The second kappa shape index (κ2) is 7.77. The molecule has 5 nitrogen and oxygen atoms in total. The van der Waals surface area contributed by atoms with Crippen LogP contribution in [0, 0.1) is 0 Å².